The molecule has 2 heterocycles. The van der Waals surface area contributed by atoms with Gasteiger partial charge in [-0.25, -0.2) is 0 Å². The van der Waals surface area contributed by atoms with Gasteiger partial charge in [0.2, 0.25) is 11.8 Å². The molecule has 1 aliphatic heterocycles. The van der Waals surface area contributed by atoms with E-state index in [0.717, 1.165) is 12.0 Å². The molecule has 31 heavy (non-hydrogen) atoms. The van der Waals surface area contributed by atoms with E-state index < -0.39 is 0 Å². The van der Waals surface area contributed by atoms with Crippen LogP contribution in [0, 0.1) is 5.92 Å². The van der Waals surface area contributed by atoms with E-state index in [0.29, 0.717) is 38.1 Å². The number of rotatable bonds is 7. The zero-order chi connectivity index (χ0) is 21.5. The van der Waals surface area contributed by atoms with Crippen LogP contribution in [0.5, 0.6) is 0 Å². The van der Waals surface area contributed by atoms with Crippen molar-refractivity contribution in [2.75, 3.05) is 13.1 Å². The summed E-state index contributed by atoms with van der Waals surface area (Å²) in [4.78, 5) is 27.5. The summed E-state index contributed by atoms with van der Waals surface area (Å²) in [6.07, 6.45) is 4.25. The highest BCUT2D eigenvalue weighted by atomic mass is 16.3. The maximum Gasteiger partial charge on any atom is 0.224 e. The van der Waals surface area contributed by atoms with E-state index >= 15 is 0 Å². The summed E-state index contributed by atoms with van der Waals surface area (Å²) in [6, 6.07) is 23.3. The van der Waals surface area contributed by atoms with Crippen LogP contribution in [-0.4, -0.2) is 29.8 Å². The molecule has 4 rings (SSSR count). The minimum atomic E-state index is -0.311. The second kappa shape index (κ2) is 10.1. The van der Waals surface area contributed by atoms with E-state index in [2.05, 4.69) is 5.32 Å². The predicted octanol–water partition coefficient (Wildman–Crippen LogP) is 4.36. The van der Waals surface area contributed by atoms with Crippen LogP contribution in [0.4, 0.5) is 0 Å². The van der Waals surface area contributed by atoms with Crippen LogP contribution >= 0.6 is 0 Å². The first kappa shape index (κ1) is 20.9. The van der Waals surface area contributed by atoms with Crippen molar-refractivity contribution in [1.29, 1.82) is 0 Å². The van der Waals surface area contributed by atoms with Crippen LogP contribution in [0.1, 0.15) is 42.2 Å². The van der Waals surface area contributed by atoms with E-state index in [9.17, 15) is 9.59 Å². The largest absolute Gasteiger partial charge is 0.467 e. The first-order valence-corrected chi connectivity index (χ1v) is 10.9. The van der Waals surface area contributed by atoms with E-state index in [1.54, 1.807) is 6.26 Å². The van der Waals surface area contributed by atoms with Crippen LogP contribution in [0.25, 0.3) is 0 Å². The van der Waals surface area contributed by atoms with Gasteiger partial charge < -0.3 is 14.6 Å². The summed E-state index contributed by atoms with van der Waals surface area (Å²) in [5, 5.41) is 3.16. The number of furan rings is 1. The van der Waals surface area contributed by atoms with Crippen molar-refractivity contribution in [1.82, 2.24) is 10.2 Å². The number of carbonyl (C=O) groups excluding carboxylic acids is 2. The Morgan fingerprint density at radius 1 is 0.935 bits per heavy atom. The zero-order valence-electron chi connectivity index (χ0n) is 17.6. The van der Waals surface area contributed by atoms with E-state index in [1.165, 1.54) is 5.56 Å². The molecule has 5 heteroatoms. The van der Waals surface area contributed by atoms with Crippen LogP contribution in [0.15, 0.2) is 83.5 Å². The number of piperidine rings is 1. The summed E-state index contributed by atoms with van der Waals surface area (Å²) in [5.41, 5.74) is 2.16. The van der Waals surface area contributed by atoms with E-state index in [4.69, 9.17) is 4.42 Å². The lowest BCUT2D eigenvalue weighted by Crippen LogP contribution is -2.43. The fourth-order valence-electron chi connectivity index (χ4n) is 4.12. The highest BCUT2D eigenvalue weighted by Crippen LogP contribution is 2.25. The standard InChI is InChI=1S/C26H28N2O3/c29-24(14-13-20-8-3-1-4-9-20)28-17-15-22(16-18-28)26(30)27-25(23-12-7-19-31-23)21-10-5-2-6-11-21/h1-12,19,22,25H,13-18H2,(H,27,30). The Balaban J connectivity index is 1.31. The molecule has 0 aliphatic carbocycles. The Hall–Kier alpha value is -3.34. The Kier molecular flexibility index (Phi) is 6.82. The molecule has 1 unspecified atom stereocenters. The Morgan fingerprint density at radius 3 is 2.26 bits per heavy atom. The average molecular weight is 417 g/mol. The first-order valence-electron chi connectivity index (χ1n) is 10.9. The third kappa shape index (κ3) is 5.43. The molecule has 0 saturated carbocycles. The van der Waals surface area contributed by atoms with Gasteiger partial charge in [0.05, 0.1) is 6.26 Å². The first-order chi connectivity index (χ1) is 15.2. The van der Waals surface area contributed by atoms with Crippen molar-refractivity contribution in [2.45, 2.75) is 31.7 Å². The van der Waals surface area contributed by atoms with Crippen molar-refractivity contribution in [2.24, 2.45) is 5.92 Å². The van der Waals surface area contributed by atoms with Gasteiger partial charge in [-0.3, -0.25) is 9.59 Å². The molecule has 1 N–H and O–H groups in total. The van der Waals surface area contributed by atoms with Crippen LogP contribution in [-0.2, 0) is 16.0 Å². The lowest BCUT2D eigenvalue weighted by Gasteiger charge is -2.32. The molecule has 2 amide bonds. The minimum absolute atomic E-state index is 0.0154. The third-order valence-corrected chi connectivity index (χ3v) is 5.94. The molecule has 2 aromatic carbocycles. The number of amides is 2. The summed E-state index contributed by atoms with van der Waals surface area (Å²) in [5.74, 6) is 0.800. The number of likely N-dealkylation sites (tertiary alicyclic amines) is 1. The molecule has 0 spiro atoms. The molecule has 1 saturated heterocycles. The Labute approximate surface area is 183 Å². The molecule has 1 atom stereocenters. The predicted molar refractivity (Wildman–Crippen MR) is 119 cm³/mol. The van der Waals surface area contributed by atoms with Gasteiger partial charge in [-0.15, -0.1) is 0 Å². The van der Waals surface area contributed by atoms with Crippen molar-refractivity contribution in [3.05, 3.63) is 95.9 Å². The highest BCUT2D eigenvalue weighted by molar-refractivity contribution is 5.80. The number of carbonyl (C=O) groups is 2. The number of aryl methyl sites for hydroxylation is 1. The van der Waals surface area contributed by atoms with Crippen LogP contribution in [0.3, 0.4) is 0 Å². The van der Waals surface area contributed by atoms with Gasteiger partial charge in [0.1, 0.15) is 11.8 Å². The zero-order valence-corrected chi connectivity index (χ0v) is 17.6. The lowest BCUT2D eigenvalue weighted by atomic mass is 9.94. The fourth-order valence-corrected chi connectivity index (χ4v) is 4.12. The Bertz CT molecular complexity index is 962. The van der Waals surface area contributed by atoms with E-state index in [1.807, 2.05) is 77.7 Å². The molecular weight excluding hydrogens is 388 g/mol. The molecule has 5 nitrogen and oxygen atoms in total. The molecule has 1 aliphatic rings. The summed E-state index contributed by atoms with van der Waals surface area (Å²) in [7, 11) is 0. The molecule has 1 aromatic heterocycles. The van der Waals surface area contributed by atoms with Gasteiger partial charge in [-0.1, -0.05) is 60.7 Å². The van der Waals surface area contributed by atoms with E-state index in [-0.39, 0.29) is 23.8 Å². The summed E-state index contributed by atoms with van der Waals surface area (Å²) < 4.78 is 5.58. The van der Waals surface area contributed by atoms with Crippen molar-refractivity contribution in [3.8, 4) is 0 Å². The quantitative estimate of drug-likeness (QED) is 0.623. The monoisotopic (exact) mass is 416 g/mol. The maximum atomic E-state index is 13.0. The van der Waals surface area contributed by atoms with Crippen LogP contribution in [0.2, 0.25) is 0 Å². The average Bonchev–Trinajstić information content (AvgIpc) is 3.37. The minimum Gasteiger partial charge on any atom is -0.467 e. The van der Waals surface area contributed by atoms with Crippen molar-refractivity contribution < 1.29 is 14.0 Å². The molecule has 0 radical (unpaired) electrons. The maximum absolute atomic E-state index is 13.0. The summed E-state index contributed by atoms with van der Waals surface area (Å²) >= 11 is 0. The van der Waals surface area contributed by atoms with Gasteiger partial charge in [0.25, 0.3) is 0 Å². The normalized spacial score (nSPS) is 15.4. The SMILES string of the molecule is O=C(NC(c1ccccc1)c1ccco1)C1CCN(C(=O)CCc2ccccc2)CC1. The Morgan fingerprint density at radius 2 is 1.61 bits per heavy atom. The van der Waals surface area contributed by atoms with Gasteiger partial charge >= 0.3 is 0 Å². The number of nitrogens with one attached hydrogen (secondary N) is 1. The number of hydrogen-bond acceptors (Lipinski definition) is 3. The molecule has 0 bridgehead atoms. The van der Waals surface area contributed by atoms with Crippen molar-refractivity contribution in [3.63, 3.8) is 0 Å². The van der Waals surface area contributed by atoms with Gasteiger partial charge in [0, 0.05) is 25.4 Å². The van der Waals surface area contributed by atoms with Gasteiger partial charge in [-0.05, 0) is 42.5 Å². The molecule has 3 aromatic rings. The highest BCUT2D eigenvalue weighted by Gasteiger charge is 2.29. The van der Waals surface area contributed by atoms with Gasteiger partial charge in [-0.2, -0.15) is 0 Å². The summed E-state index contributed by atoms with van der Waals surface area (Å²) in [6.45, 7) is 1.25. The molecule has 160 valence electrons. The number of benzene rings is 2. The van der Waals surface area contributed by atoms with Gasteiger partial charge in [0.15, 0.2) is 0 Å². The number of nitrogens with zero attached hydrogens (tertiary/aromatic N) is 1. The lowest BCUT2D eigenvalue weighted by molar-refractivity contribution is -0.135. The van der Waals surface area contributed by atoms with Crippen LogP contribution < -0.4 is 5.32 Å². The second-order valence-electron chi connectivity index (χ2n) is 8.01. The molecule has 1 fully saturated rings. The topological polar surface area (TPSA) is 62.6 Å². The van der Waals surface area contributed by atoms with Crippen molar-refractivity contribution >= 4 is 11.8 Å². The smallest absolute Gasteiger partial charge is 0.224 e. The fraction of sp³-hybridized carbons (Fsp3) is 0.308. The second-order valence-corrected chi connectivity index (χ2v) is 8.01. The molecular formula is C26H28N2O3. The number of hydrogen-bond donors (Lipinski definition) is 1. The third-order valence-electron chi connectivity index (χ3n) is 5.94.